The van der Waals surface area contributed by atoms with Gasteiger partial charge < -0.3 is 0 Å². The largest absolute Gasteiger partial charge is 0.271 e. The molecule has 0 aliphatic carbocycles. The number of benzene rings is 1. The molecule has 1 atom stereocenters. The second-order valence-corrected chi connectivity index (χ2v) is 5.37. The lowest BCUT2D eigenvalue weighted by Gasteiger charge is -2.17. The maximum absolute atomic E-state index is 5.59. The summed E-state index contributed by atoms with van der Waals surface area (Å²) in [6.07, 6.45) is 5.04. The quantitative estimate of drug-likeness (QED) is 0.352. The highest BCUT2D eigenvalue weighted by molar-refractivity contribution is 9.11. The summed E-state index contributed by atoms with van der Waals surface area (Å²) in [6, 6.07) is 6.32. The molecule has 0 radical (unpaired) electrons. The minimum Gasteiger partial charge on any atom is -0.271 e. The molecule has 1 aromatic carbocycles. The number of hydrogen-bond acceptors (Lipinski definition) is 2. The lowest BCUT2D eigenvalue weighted by Crippen LogP contribution is -2.28. The Morgan fingerprint density at radius 3 is 2.75 bits per heavy atom. The van der Waals surface area contributed by atoms with Crippen LogP contribution in [0, 0.1) is 0 Å². The average molecular weight is 348 g/mol. The van der Waals surface area contributed by atoms with Gasteiger partial charge in [0.15, 0.2) is 0 Å². The number of hydrogen-bond donors (Lipinski definition) is 2. The number of rotatable bonds is 6. The number of hydrazine groups is 1. The molecule has 0 bridgehead atoms. The van der Waals surface area contributed by atoms with Crippen LogP contribution in [0.5, 0.6) is 0 Å². The lowest BCUT2D eigenvalue weighted by molar-refractivity contribution is 0.499. The van der Waals surface area contributed by atoms with Gasteiger partial charge in [0.2, 0.25) is 0 Å². The zero-order chi connectivity index (χ0) is 12.0. The standard InChI is InChI=1S/C12H16Br2N2/c1-2-3-4-5-12(16-15)10-7-6-9(13)8-11(10)14/h2,6-8,12,16H,1,3-5,15H2. The minimum atomic E-state index is 0.183. The smallest absolute Gasteiger partial charge is 0.0471 e. The van der Waals surface area contributed by atoms with Gasteiger partial charge in [-0.15, -0.1) is 6.58 Å². The predicted octanol–water partition coefficient (Wildman–Crippen LogP) is 4.07. The van der Waals surface area contributed by atoms with Crippen LogP contribution in [0.2, 0.25) is 0 Å². The molecule has 0 amide bonds. The molecule has 2 nitrogen and oxygen atoms in total. The molecule has 0 aliphatic rings. The van der Waals surface area contributed by atoms with Crippen LogP contribution < -0.4 is 11.3 Å². The van der Waals surface area contributed by atoms with Gasteiger partial charge >= 0.3 is 0 Å². The number of unbranched alkanes of at least 4 members (excludes halogenated alkanes) is 1. The van der Waals surface area contributed by atoms with Crippen molar-refractivity contribution in [1.82, 2.24) is 5.43 Å². The van der Waals surface area contributed by atoms with Crippen molar-refractivity contribution < 1.29 is 0 Å². The highest BCUT2D eigenvalue weighted by Gasteiger charge is 2.12. The van der Waals surface area contributed by atoms with Gasteiger partial charge in [-0.05, 0) is 37.0 Å². The second kappa shape index (κ2) is 7.22. The van der Waals surface area contributed by atoms with E-state index in [0.29, 0.717) is 0 Å². The van der Waals surface area contributed by atoms with Gasteiger partial charge in [-0.3, -0.25) is 11.3 Å². The zero-order valence-electron chi connectivity index (χ0n) is 9.05. The van der Waals surface area contributed by atoms with E-state index in [1.54, 1.807) is 0 Å². The van der Waals surface area contributed by atoms with Crippen LogP contribution in [0.1, 0.15) is 30.9 Å². The van der Waals surface area contributed by atoms with Gasteiger partial charge in [0.05, 0.1) is 0 Å². The molecule has 4 heteroatoms. The van der Waals surface area contributed by atoms with Gasteiger partial charge in [0.1, 0.15) is 0 Å². The fourth-order valence-corrected chi connectivity index (χ4v) is 2.90. The lowest BCUT2D eigenvalue weighted by atomic mass is 10.0. The highest BCUT2D eigenvalue weighted by atomic mass is 79.9. The van der Waals surface area contributed by atoms with Crippen molar-refractivity contribution in [1.29, 1.82) is 0 Å². The highest BCUT2D eigenvalue weighted by Crippen LogP contribution is 2.29. The third-order valence-electron chi connectivity index (χ3n) is 2.44. The van der Waals surface area contributed by atoms with Crippen molar-refractivity contribution in [3.63, 3.8) is 0 Å². The van der Waals surface area contributed by atoms with E-state index in [0.717, 1.165) is 28.2 Å². The molecule has 1 rings (SSSR count). The van der Waals surface area contributed by atoms with Crippen LogP contribution in [-0.4, -0.2) is 0 Å². The van der Waals surface area contributed by atoms with Crippen LogP contribution in [-0.2, 0) is 0 Å². The molecule has 0 heterocycles. The van der Waals surface area contributed by atoms with Crippen LogP contribution in [0.15, 0.2) is 39.8 Å². The third kappa shape index (κ3) is 4.01. The van der Waals surface area contributed by atoms with Crippen LogP contribution in [0.25, 0.3) is 0 Å². The first-order valence-electron chi connectivity index (χ1n) is 5.21. The summed E-state index contributed by atoms with van der Waals surface area (Å²) < 4.78 is 2.13. The first-order chi connectivity index (χ1) is 7.69. The molecule has 88 valence electrons. The number of nitrogens with two attached hydrogens (primary N) is 1. The van der Waals surface area contributed by atoms with Crippen molar-refractivity contribution in [2.75, 3.05) is 0 Å². The second-order valence-electron chi connectivity index (χ2n) is 3.60. The molecule has 16 heavy (non-hydrogen) atoms. The van der Waals surface area contributed by atoms with Crippen molar-refractivity contribution in [3.05, 3.63) is 45.4 Å². The van der Waals surface area contributed by atoms with Gasteiger partial charge in [0.25, 0.3) is 0 Å². The van der Waals surface area contributed by atoms with E-state index >= 15 is 0 Å². The molecule has 3 N–H and O–H groups in total. The van der Waals surface area contributed by atoms with Crippen molar-refractivity contribution >= 4 is 31.9 Å². The maximum atomic E-state index is 5.59. The number of allylic oxidation sites excluding steroid dienone is 1. The molecule has 1 unspecified atom stereocenters. The Labute approximate surface area is 114 Å². The predicted molar refractivity (Wildman–Crippen MR) is 76.0 cm³/mol. The first-order valence-corrected chi connectivity index (χ1v) is 6.79. The molecule has 0 fully saturated rings. The summed E-state index contributed by atoms with van der Waals surface area (Å²) in [5.41, 5.74) is 4.05. The summed E-state index contributed by atoms with van der Waals surface area (Å²) >= 11 is 6.99. The van der Waals surface area contributed by atoms with Crippen LogP contribution >= 0.6 is 31.9 Å². The Kier molecular flexibility index (Phi) is 6.28. The van der Waals surface area contributed by atoms with E-state index < -0.39 is 0 Å². The van der Waals surface area contributed by atoms with Crippen molar-refractivity contribution in [3.8, 4) is 0 Å². The summed E-state index contributed by atoms with van der Waals surface area (Å²) in [7, 11) is 0. The molecule has 0 saturated carbocycles. The minimum absolute atomic E-state index is 0.183. The molecule has 0 aromatic heterocycles. The molecule has 0 spiro atoms. The van der Waals surface area contributed by atoms with Crippen LogP contribution in [0.4, 0.5) is 0 Å². The van der Waals surface area contributed by atoms with E-state index in [2.05, 4.69) is 49.9 Å². The third-order valence-corrected chi connectivity index (χ3v) is 3.62. The molecular formula is C12H16Br2N2. The van der Waals surface area contributed by atoms with E-state index in [4.69, 9.17) is 5.84 Å². The topological polar surface area (TPSA) is 38.0 Å². The van der Waals surface area contributed by atoms with Gasteiger partial charge in [-0.2, -0.15) is 0 Å². The van der Waals surface area contributed by atoms with Crippen LogP contribution in [0.3, 0.4) is 0 Å². The SMILES string of the molecule is C=CCCCC(NN)c1ccc(Br)cc1Br. The number of halogens is 2. The summed E-state index contributed by atoms with van der Waals surface area (Å²) in [4.78, 5) is 0. The van der Waals surface area contributed by atoms with E-state index in [1.165, 1.54) is 5.56 Å². The van der Waals surface area contributed by atoms with Gasteiger partial charge in [0, 0.05) is 15.0 Å². The molecular weight excluding hydrogens is 332 g/mol. The summed E-state index contributed by atoms with van der Waals surface area (Å²) in [5.74, 6) is 5.59. The Bertz CT molecular complexity index is 353. The Morgan fingerprint density at radius 1 is 1.44 bits per heavy atom. The van der Waals surface area contributed by atoms with Gasteiger partial charge in [-0.25, -0.2) is 0 Å². The summed E-state index contributed by atoms with van der Waals surface area (Å²) in [6.45, 7) is 3.72. The maximum Gasteiger partial charge on any atom is 0.0471 e. The Morgan fingerprint density at radius 2 is 2.19 bits per heavy atom. The Hall–Kier alpha value is -0.160. The molecule has 0 saturated heterocycles. The van der Waals surface area contributed by atoms with E-state index in [-0.39, 0.29) is 6.04 Å². The van der Waals surface area contributed by atoms with Gasteiger partial charge in [-0.1, -0.05) is 44.0 Å². The zero-order valence-corrected chi connectivity index (χ0v) is 12.2. The normalized spacial score (nSPS) is 12.4. The molecule has 1 aromatic rings. The average Bonchev–Trinajstić information content (AvgIpc) is 2.26. The van der Waals surface area contributed by atoms with Crippen molar-refractivity contribution in [2.24, 2.45) is 5.84 Å². The van der Waals surface area contributed by atoms with Crippen molar-refractivity contribution in [2.45, 2.75) is 25.3 Å². The fourth-order valence-electron chi connectivity index (χ4n) is 1.58. The summed E-state index contributed by atoms with van der Waals surface area (Å²) in [5, 5.41) is 0. The first kappa shape index (κ1) is 13.9. The monoisotopic (exact) mass is 346 g/mol. The fraction of sp³-hybridized carbons (Fsp3) is 0.333. The van der Waals surface area contributed by atoms with E-state index in [9.17, 15) is 0 Å². The Balaban J connectivity index is 2.74. The number of nitrogens with one attached hydrogen (secondary N) is 1. The molecule has 0 aliphatic heterocycles. The van der Waals surface area contributed by atoms with E-state index in [1.807, 2.05) is 18.2 Å².